The molecule has 0 fully saturated rings. The van der Waals surface area contributed by atoms with Gasteiger partial charge in [0, 0.05) is 23.1 Å². The van der Waals surface area contributed by atoms with Gasteiger partial charge in [0.05, 0.1) is 19.1 Å². The average molecular weight is 293 g/mol. The van der Waals surface area contributed by atoms with E-state index in [9.17, 15) is 4.39 Å². The van der Waals surface area contributed by atoms with Crippen LogP contribution < -0.4 is 9.47 Å². The van der Waals surface area contributed by atoms with Crippen LogP contribution in [0.1, 0.15) is 22.4 Å². The molecule has 4 heteroatoms. The molecule has 3 rings (SSSR count). The van der Waals surface area contributed by atoms with Gasteiger partial charge in [0.25, 0.3) is 0 Å². The molecular weight excluding hydrogens is 279 g/mol. The fourth-order valence-corrected chi connectivity index (χ4v) is 2.89. The Labute approximate surface area is 122 Å². The zero-order valence-electron chi connectivity index (χ0n) is 11.0. The minimum atomic E-state index is -0.468. The molecule has 2 nitrogen and oxygen atoms in total. The Morgan fingerprint density at radius 2 is 2.10 bits per heavy atom. The standard InChI is InChI=1S/C16H14ClFO2/c1-19-10-6-7-12(14(18)8-10)16(17)13-9-20-15-5-3-2-4-11(13)15/h2-8,13,16H,9H2,1H3. The summed E-state index contributed by atoms with van der Waals surface area (Å²) in [5.74, 6) is 0.916. The Hall–Kier alpha value is -1.74. The predicted octanol–water partition coefficient (Wildman–Crippen LogP) is 4.29. The van der Waals surface area contributed by atoms with Gasteiger partial charge in [0.2, 0.25) is 0 Å². The number of hydrogen-bond donors (Lipinski definition) is 0. The number of benzene rings is 2. The van der Waals surface area contributed by atoms with E-state index in [4.69, 9.17) is 21.1 Å². The van der Waals surface area contributed by atoms with Crippen LogP contribution in [0, 0.1) is 5.82 Å². The van der Waals surface area contributed by atoms with E-state index in [-0.39, 0.29) is 11.7 Å². The maximum absolute atomic E-state index is 14.1. The van der Waals surface area contributed by atoms with Gasteiger partial charge in [0.15, 0.2) is 0 Å². The molecule has 2 unspecified atom stereocenters. The number of methoxy groups -OCH3 is 1. The van der Waals surface area contributed by atoms with Crippen molar-refractivity contribution in [2.24, 2.45) is 0 Å². The highest BCUT2D eigenvalue weighted by Gasteiger charge is 2.32. The van der Waals surface area contributed by atoms with E-state index in [0.29, 0.717) is 17.9 Å². The number of para-hydroxylation sites is 1. The number of rotatable bonds is 3. The van der Waals surface area contributed by atoms with Gasteiger partial charge in [-0.05, 0) is 12.1 Å². The second-order valence-electron chi connectivity index (χ2n) is 4.74. The third-order valence-corrected chi connectivity index (χ3v) is 4.13. The van der Waals surface area contributed by atoms with E-state index >= 15 is 0 Å². The summed E-state index contributed by atoms with van der Waals surface area (Å²) < 4.78 is 24.7. The van der Waals surface area contributed by atoms with Crippen molar-refractivity contribution in [3.05, 3.63) is 59.4 Å². The van der Waals surface area contributed by atoms with Crippen LogP contribution in [-0.4, -0.2) is 13.7 Å². The van der Waals surface area contributed by atoms with E-state index in [0.717, 1.165) is 11.3 Å². The lowest BCUT2D eigenvalue weighted by Crippen LogP contribution is -2.09. The molecule has 1 aliphatic rings. The lowest BCUT2D eigenvalue weighted by atomic mass is 9.93. The van der Waals surface area contributed by atoms with E-state index in [1.54, 1.807) is 12.1 Å². The summed E-state index contributed by atoms with van der Waals surface area (Å²) in [7, 11) is 1.51. The molecule has 2 aromatic rings. The van der Waals surface area contributed by atoms with Crippen LogP contribution in [0.15, 0.2) is 42.5 Å². The van der Waals surface area contributed by atoms with Crippen LogP contribution in [-0.2, 0) is 0 Å². The third kappa shape index (κ3) is 2.22. The number of alkyl halides is 1. The van der Waals surface area contributed by atoms with Gasteiger partial charge in [-0.3, -0.25) is 0 Å². The highest BCUT2D eigenvalue weighted by atomic mass is 35.5. The largest absolute Gasteiger partial charge is 0.497 e. The first-order valence-corrected chi connectivity index (χ1v) is 6.83. The lowest BCUT2D eigenvalue weighted by Gasteiger charge is -2.17. The monoisotopic (exact) mass is 292 g/mol. The molecule has 0 aromatic heterocycles. The molecule has 2 atom stereocenters. The molecular formula is C16H14ClFO2. The molecule has 0 aliphatic carbocycles. The highest BCUT2D eigenvalue weighted by Crippen LogP contribution is 2.45. The number of hydrogen-bond acceptors (Lipinski definition) is 2. The number of ether oxygens (including phenoxy) is 2. The molecule has 0 amide bonds. The Bertz CT molecular complexity index is 630. The van der Waals surface area contributed by atoms with Gasteiger partial charge in [-0.15, -0.1) is 11.6 Å². The van der Waals surface area contributed by atoms with Gasteiger partial charge in [0.1, 0.15) is 17.3 Å². The second-order valence-corrected chi connectivity index (χ2v) is 5.21. The van der Waals surface area contributed by atoms with E-state index in [1.165, 1.54) is 13.2 Å². The molecule has 1 aliphatic heterocycles. The van der Waals surface area contributed by atoms with Crippen molar-refractivity contribution in [2.75, 3.05) is 13.7 Å². The van der Waals surface area contributed by atoms with Crippen molar-refractivity contribution in [1.82, 2.24) is 0 Å². The third-order valence-electron chi connectivity index (χ3n) is 3.59. The molecule has 0 spiro atoms. The highest BCUT2D eigenvalue weighted by molar-refractivity contribution is 6.21. The molecule has 20 heavy (non-hydrogen) atoms. The molecule has 104 valence electrons. The van der Waals surface area contributed by atoms with Crippen molar-refractivity contribution >= 4 is 11.6 Å². The van der Waals surface area contributed by atoms with Crippen LogP contribution >= 0.6 is 11.6 Å². The van der Waals surface area contributed by atoms with Gasteiger partial charge < -0.3 is 9.47 Å². The summed E-state index contributed by atoms with van der Waals surface area (Å²) >= 11 is 6.48. The van der Waals surface area contributed by atoms with Crippen LogP contribution in [0.4, 0.5) is 4.39 Å². The van der Waals surface area contributed by atoms with Crippen molar-refractivity contribution in [3.8, 4) is 11.5 Å². The van der Waals surface area contributed by atoms with Crippen molar-refractivity contribution in [2.45, 2.75) is 11.3 Å². The Morgan fingerprint density at radius 1 is 1.30 bits per heavy atom. The summed E-state index contributed by atoms with van der Waals surface area (Å²) in [5.41, 5.74) is 1.50. The summed E-state index contributed by atoms with van der Waals surface area (Å²) in [6.45, 7) is 0.471. The van der Waals surface area contributed by atoms with Crippen LogP contribution in [0.3, 0.4) is 0 Å². The van der Waals surface area contributed by atoms with E-state index in [1.807, 2.05) is 24.3 Å². The van der Waals surface area contributed by atoms with Gasteiger partial charge in [-0.1, -0.05) is 24.3 Å². The van der Waals surface area contributed by atoms with Crippen LogP contribution in [0.25, 0.3) is 0 Å². The molecule has 0 radical (unpaired) electrons. The minimum Gasteiger partial charge on any atom is -0.497 e. The Kier molecular flexibility index (Phi) is 3.53. The molecule has 2 aromatic carbocycles. The van der Waals surface area contributed by atoms with E-state index in [2.05, 4.69) is 0 Å². The second kappa shape index (κ2) is 5.33. The zero-order chi connectivity index (χ0) is 14.1. The number of halogens is 2. The Balaban J connectivity index is 1.92. The van der Waals surface area contributed by atoms with Gasteiger partial charge >= 0.3 is 0 Å². The van der Waals surface area contributed by atoms with E-state index < -0.39 is 5.38 Å². The SMILES string of the molecule is COc1ccc(C(Cl)C2COc3ccccc32)c(F)c1. The number of fused-ring (bicyclic) bond motifs is 1. The first-order chi connectivity index (χ1) is 9.70. The zero-order valence-corrected chi connectivity index (χ0v) is 11.7. The topological polar surface area (TPSA) is 18.5 Å². The fourth-order valence-electron chi connectivity index (χ4n) is 2.50. The normalized spacial score (nSPS) is 18.2. The average Bonchev–Trinajstić information content (AvgIpc) is 2.90. The molecule has 0 saturated heterocycles. The Morgan fingerprint density at radius 3 is 2.85 bits per heavy atom. The maximum Gasteiger partial charge on any atom is 0.131 e. The predicted molar refractivity (Wildman–Crippen MR) is 76.2 cm³/mol. The quantitative estimate of drug-likeness (QED) is 0.786. The molecule has 0 saturated carbocycles. The van der Waals surface area contributed by atoms with Crippen molar-refractivity contribution in [3.63, 3.8) is 0 Å². The molecule has 0 N–H and O–H groups in total. The first kappa shape index (κ1) is 13.3. The van der Waals surface area contributed by atoms with Crippen LogP contribution in [0.5, 0.6) is 11.5 Å². The summed E-state index contributed by atoms with van der Waals surface area (Å²) in [4.78, 5) is 0. The van der Waals surface area contributed by atoms with Gasteiger partial charge in [-0.2, -0.15) is 0 Å². The summed E-state index contributed by atoms with van der Waals surface area (Å²) in [5, 5.41) is -0.468. The summed E-state index contributed by atoms with van der Waals surface area (Å²) in [6.07, 6.45) is 0. The first-order valence-electron chi connectivity index (χ1n) is 6.40. The van der Waals surface area contributed by atoms with Crippen molar-refractivity contribution in [1.29, 1.82) is 0 Å². The minimum absolute atomic E-state index is 0.0456. The van der Waals surface area contributed by atoms with Gasteiger partial charge in [-0.25, -0.2) is 4.39 Å². The maximum atomic E-state index is 14.1. The summed E-state index contributed by atoms with van der Waals surface area (Å²) in [6, 6.07) is 12.5. The smallest absolute Gasteiger partial charge is 0.131 e. The van der Waals surface area contributed by atoms with Crippen LogP contribution in [0.2, 0.25) is 0 Å². The molecule has 1 heterocycles. The lowest BCUT2D eigenvalue weighted by molar-refractivity contribution is 0.327. The fraction of sp³-hybridized carbons (Fsp3) is 0.250. The molecule has 0 bridgehead atoms. The van der Waals surface area contributed by atoms with Crippen molar-refractivity contribution < 1.29 is 13.9 Å².